The fraction of sp³-hybridized carbons (Fsp3) is 0.423. The van der Waals surface area contributed by atoms with Gasteiger partial charge >= 0.3 is 18.2 Å². The van der Waals surface area contributed by atoms with E-state index in [-0.39, 0.29) is 26.4 Å². The molecule has 0 aliphatic rings. The highest BCUT2D eigenvalue weighted by Crippen LogP contribution is 2.09. The summed E-state index contributed by atoms with van der Waals surface area (Å²) in [7, 11) is 1.22. The maximum Gasteiger partial charge on any atom is 0.410 e. The second kappa shape index (κ2) is 14.0. The lowest BCUT2D eigenvalue weighted by molar-refractivity contribution is -0.144. The number of alkyl carbamates (subject to hydrolysis) is 1. The second-order valence-corrected chi connectivity index (χ2v) is 8.74. The number of carbonyl (C=O) groups is 3. The Hall–Kier alpha value is -3.59. The standard InChI is InChI=1S/C26H34N2O7/c1-26(2,3)35-24(30)27-22(23(29)32-4)19-33-16-15-28(17-20-11-7-5-8-12-20)25(31)34-18-21-13-9-6-10-14-21/h5-14,22H,15-19H2,1-4H3,(H,27,30)/t22-/m0/s1. The SMILES string of the molecule is COC(=O)[C@H](COCCN(Cc1ccccc1)C(=O)OCc1ccccc1)NC(=O)OC(C)(C)C. The van der Waals surface area contributed by atoms with Crippen LogP contribution in [0.15, 0.2) is 60.7 Å². The monoisotopic (exact) mass is 486 g/mol. The molecule has 0 bridgehead atoms. The summed E-state index contributed by atoms with van der Waals surface area (Å²) < 4.78 is 21.0. The van der Waals surface area contributed by atoms with E-state index >= 15 is 0 Å². The molecular formula is C26H34N2O7. The van der Waals surface area contributed by atoms with E-state index in [0.29, 0.717) is 6.54 Å². The predicted molar refractivity (Wildman–Crippen MR) is 129 cm³/mol. The summed E-state index contributed by atoms with van der Waals surface area (Å²) in [5.41, 5.74) is 1.10. The molecule has 190 valence electrons. The first-order valence-electron chi connectivity index (χ1n) is 11.3. The van der Waals surface area contributed by atoms with Crippen molar-refractivity contribution in [2.45, 2.75) is 45.6 Å². The Morgan fingerprint density at radius 1 is 0.943 bits per heavy atom. The molecule has 0 saturated heterocycles. The number of ether oxygens (including phenoxy) is 4. The van der Waals surface area contributed by atoms with Crippen LogP contribution in [0.4, 0.5) is 9.59 Å². The molecule has 0 saturated carbocycles. The van der Waals surface area contributed by atoms with Gasteiger partial charge in [-0.1, -0.05) is 60.7 Å². The van der Waals surface area contributed by atoms with Gasteiger partial charge in [0.05, 0.1) is 20.3 Å². The molecule has 9 nitrogen and oxygen atoms in total. The number of benzene rings is 2. The summed E-state index contributed by atoms with van der Waals surface area (Å²) in [6.07, 6.45) is -1.25. The molecule has 35 heavy (non-hydrogen) atoms. The average Bonchev–Trinajstić information content (AvgIpc) is 2.83. The Morgan fingerprint density at radius 2 is 1.54 bits per heavy atom. The summed E-state index contributed by atoms with van der Waals surface area (Å²) in [5.74, 6) is -0.667. The van der Waals surface area contributed by atoms with Crippen LogP contribution in [0.25, 0.3) is 0 Å². The maximum absolute atomic E-state index is 12.8. The van der Waals surface area contributed by atoms with E-state index in [0.717, 1.165) is 11.1 Å². The number of methoxy groups -OCH3 is 1. The second-order valence-electron chi connectivity index (χ2n) is 8.74. The van der Waals surface area contributed by atoms with Gasteiger partial charge in [0.2, 0.25) is 0 Å². The molecule has 1 atom stereocenters. The number of hydrogen-bond acceptors (Lipinski definition) is 7. The lowest BCUT2D eigenvalue weighted by atomic mass is 10.2. The van der Waals surface area contributed by atoms with E-state index in [1.165, 1.54) is 12.0 Å². The molecule has 0 aliphatic carbocycles. The van der Waals surface area contributed by atoms with Crippen molar-refractivity contribution in [3.63, 3.8) is 0 Å². The molecule has 0 fully saturated rings. The largest absolute Gasteiger partial charge is 0.467 e. The van der Waals surface area contributed by atoms with Crippen molar-refractivity contribution >= 4 is 18.2 Å². The molecule has 2 aromatic rings. The van der Waals surface area contributed by atoms with Gasteiger partial charge < -0.3 is 29.2 Å². The molecule has 9 heteroatoms. The molecule has 0 radical (unpaired) electrons. The van der Waals surface area contributed by atoms with Crippen LogP contribution in [-0.4, -0.2) is 61.6 Å². The number of carbonyl (C=O) groups excluding carboxylic acids is 3. The number of esters is 1. The van der Waals surface area contributed by atoms with E-state index in [4.69, 9.17) is 18.9 Å². The lowest BCUT2D eigenvalue weighted by Gasteiger charge is -2.24. The van der Waals surface area contributed by atoms with E-state index in [1.54, 1.807) is 20.8 Å². The van der Waals surface area contributed by atoms with Gasteiger partial charge in [0.25, 0.3) is 0 Å². The van der Waals surface area contributed by atoms with Gasteiger partial charge in [0, 0.05) is 13.1 Å². The number of nitrogens with zero attached hydrogens (tertiary/aromatic N) is 1. The van der Waals surface area contributed by atoms with Crippen molar-refractivity contribution in [1.29, 1.82) is 0 Å². The van der Waals surface area contributed by atoms with Crippen LogP contribution in [0.5, 0.6) is 0 Å². The van der Waals surface area contributed by atoms with Gasteiger partial charge in [-0.2, -0.15) is 0 Å². The topological polar surface area (TPSA) is 103 Å². The molecule has 2 rings (SSSR count). The van der Waals surface area contributed by atoms with Crippen LogP contribution in [0.2, 0.25) is 0 Å². The third kappa shape index (κ3) is 10.9. The average molecular weight is 487 g/mol. The Kier molecular flexibility index (Phi) is 11.0. The molecular weight excluding hydrogens is 452 g/mol. The highest BCUT2D eigenvalue weighted by molar-refractivity contribution is 5.81. The van der Waals surface area contributed by atoms with Crippen molar-refractivity contribution in [2.75, 3.05) is 26.9 Å². The van der Waals surface area contributed by atoms with Gasteiger partial charge in [0.15, 0.2) is 6.04 Å². The van der Waals surface area contributed by atoms with Gasteiger partial charge in [-0.3, -0.25) is 0 Å². The first-order chi connectivity index (χ1) is 16.7. The third-order valence-corrected chi connectivity index (χ3v) is 4.65. The van der Waals surface area contributed by atoms with Gasteiger partial charge in [0.1, 0.15) is 12.2 Å². The van der Waals surface area contributed by atoms with Crippen molar-refractivity contribution in [1.82, 2.24) is 10.2 Å². The number of nitrogens with one attached hydrogen (secondary N) is 1. The third-order valence-electron chi connectivity index (χ3n) is 4.65. The maximum atomic E-state index is 12.8. The Balaban J connectivity index is 1.93. The minimum Gasteiger partial charge on any atom is -0.467 e. The summed E-state index contributed by atoms with van der Waals surface area (Å²) in [6.45, 7) is 5.80. The van der Waals surface area contributed by atoms with Crippen LogP contribution in [0.1, 0.15) is 31.9 Å². The molecule has 0 unspecified atom stereocenters. The minimum absolute atomic E-state index is 0.108. The molecule has 1 N–H and O–H groups in total. The number of hydrogen-bond donors (Lipinski definition) is 1. The quantitative estimate of drug-likeness (QED) is 0.292. The van der Waals surface area contributed by atoms with E-state index < -0.39 is 29.8 Å². The summed E-state index contributed by atoms with van der Waals surface area (Å²) >= 11 is 0. The van der Waals surface area contributed by atoms with E-state index in [2.05, 4.69) is 5.32 Å². The molecule has 0 aromatic heterocycles. The first-order valence-corrected chi connectivity index (χ1v) is 11.3. The molecule has 0 spiro atoms. The normalized spacial score (nSPS) is 11.8. The summed E-state index contributed by atoms with van der Waals surface area (Å²) in [5, 5.41) is 2.45. The van der Waals surface area contributed by atoms with Gasteiger partial charge in [-0.05, 0) is 31.9 Å². The molecule has 0 aliphatic heterocycles. The predicted octanol–water partition coefficient (Wildman–Crippen LogP) is 3.91. The highest BCUT2D eigenvalue weighted by atomic mass is 16.6. The van der Waals surface area contributed by atoms with Crippen LogP contribution in [0.3, 0.4) is 0 Å². The van der Waals surface area contributed by atoms with Crippen LogP contribution in [-0.2, 0) is 36.9 Å². The fourth-order valence-corrected chi connectivity index (χ4v) is 2.99. The van der Waals surface area contributed by atoms with Gasteiger partial charge in [-0.25, -0.2) is 14.4 Å². The zero-order valence-corrected chi connectivity index (χ0v) is 20.7. The highest BCUT2D eigenvalue weighted by Gasteiger charge is 2.25. The smallest absolute Gasteiger partial charge is 0.410 e. The first kappa shape index (κ1) is 27.7. The van der Waals surface area contributed by atoms with Crippen molar-refractivity contribution in [3.8, 4) is 0 Å². The summed E-state index contributed by atoms with van der Waals surface area (Å²) in [4.78, 5) is 38.4. The summed E-state index contributed by atoms with van der Waals surface area (Å²) in [6, 6.07) is 17.9. The van der Waals surface area contributed by atoms with E-state index in [1.807, 2.05) is 60.7 Å². The fourth-order valence-electron chi connectivity index (χ4n) is 2.99. The lowest BCUT2D eigenvalue weighted by Crippen LogP contribution is -2.47. The zero-order valence-electron chi connectivity index (χ0n) is 20.7. The molecule has 2 amide bonds. The van der Waals surface area contributed by atoms with E-state index in [9.17, 15) is 14.4 Å². The van der Waals surface area contributed by atoms with Crippen LogP contribution >= 0.6 is 0 Å². The minimum atomic E-state index is -1.05. The Morgan fingerprint density at radius 3 is 2.11 bits per heavy atom. The van der Waals surface area contributed by atoms with Crippen molar-refractivity contribution in [3.05, 3.63) is 71.8 Å². The molecule has 0 heterocycles. The van der Waals surface area contributed by atoms with Gasteiger partial charge in [-0.15, -0.1) is 0 Å². The number of amides is 2. The van der Waals surface area contributed by atoms with Crippen LogP contribution in [0, 0.1) is 0 Å². The Bertz CT molecular complexity index is 930. The van der Waals surface area contributed by atoms with Crippen molar-refractivity contribution in [2.24, 2.45) is 0 Å². The van der Waals surface area contributed by atoms with Crippen molar-refractivity contribution < 1.29 is 33.3 Å². The molecule has 2 aromatic carbocycles. The van der Waals surface area contributed by atoms with Crippen LogP contribution < -0.4 is 5.32 Å². The number of rotatable bonds is 11. The Labute approximate surface area is 206 Å². The zero-order chi connectivity index (χ0) is 25.7.